The Morgan fingerprint density at radius 1 is 0.786 bits per heavy atom. The van der Waals surface area contributed by atoms with Gasteiger partial charge >= 0.3 is 0 Å². The van der Waals surface area contributed by atoms with Crippen molar-refractivity contribution in [2.75, 3.05) is 0 Å². The van der Waals surface area contributed by atoms with Crippen molar-refractivity contribution in [1.82, 2.24) is 0 Å². The van der Waals surface area contributed by atoms with Crippen molar-refractivity contribution in [3.63, 3.8) is 0 Å². The maximum Gasteiger partial charge on any atom is 0.223 e. The monoisotopic (exact) mass is 406 g/mol. The van der Waals surface area contributed by atoms with Gasteiger partial charge < -0.3 is 4.83 Å². The van der Waals surface area contributed by atoms with Crippen molar-refractivity contribution in [3.8, 4) is 21.7 Å². The number of benzene rings is 3. The van der Waals surface area contributed by atoms with Gasteiger partial charge in [-0.2, -0.15) is 4.07 Å². The highest BCUT2D eigenvalue weighted by molar-refractivity contribution is 7.93. The molecule has 0 saturated heterocycles. The Kier molecular flexibility index (Phi) is 4.98. The van der Waals surface area contributed by atoms with Crippen LogP contribution in [0.3, 0.4) is 0 Å². The van der Waals surface area contributed by atoms with Crippen molar-refractivity contribution >= 4 is 21.6 Å². The van der Waals surface area contributed by atoms with Gasteiger partial charge in [0.05, 0.1) is 4.90 Å². The third kappa shape index (κ3) is 3.83. The second-order valence-electron chi connectivity index (χ2n) is 6.36. The van der Waals surface area contributed by atoms with E-state index in [1.165, 1.54) is 15.6 Å². The normalized spacial score (nSPS) is 11.3. The van der Waals surface area contributed by atoms with Crippen LogP contribution in [0, 0.1) is 6.92 Å². The van der Waals surface area contributed by atoms with E-state index in [4.69, 9.17) is 0 Å². The van der Waals surface area contributed by atoms with Gasteiger partial charge in [-0.25, -0.2) is 8.42 Å². The third-order valence-electron chi connectivity index (χ3n) is 4.29. The molecule has 140 valence electrons. The minimum atomic E-state index is -3.83. The van der Waals surface area contributed by atoms with Crippen molar-refractivity contribution in [2.24, 2.45) is 0 Å². The molecule has 0 unspecified atom stereocenters. The molecule has 0 aliphatic rings. The van der Waals surface area contributed by atoms with Gasteiger partial charge in [0.15, 0.2) is 10.0 Å². The average Bonchev–Trinajstić information content (AvgIpc) is 3.13. The first-order valence-electron chi connectivity index (χ1n) is 8.75. The molecule has 1 aromatic heterocycles. The molecule has 0 radical (unpaired) electrons. The maximum absolute atomic E-state index is 12.9. The van der Waals surface area contributed by atoms with Gasteiger partial charge in [-0.15, -0.1) is 0 Å². The van der Waals surface area contributed by atoms with E-state index in [0.29, 0.717) is 0 Å². The summed E-state index contributed by atoms with van der Waals surface area (Å²) in [5.41, 5.74) is 3.66. The lowest BCUT2D eigenvalue weighted by Gasteiger charge is -2.13. The second-order valence-corrected chi connectivity index (χ2v) is 8.91. The summed E-state index contributed by atoms with van der Waals surface area (Å²) in [6.45, 7) is 1.92. The lowest BCUT2D eigenvalue weighted by Crippen LogP contribution is -2.29. The molecule has 0 atom stereocenters. The van der Waals surface area contributed by atoms with E-state index in [-0.39, 0.29) is 4.90 Å². The molecule has 1 heterocycles. The van der Waals surface area contributed by atoms with Crippen LogP contribution in [0.1, 0.15) is 5.56 Å². The maximum atomic E-state index is 12.9. The summed E-state index contributed by atoms with van der Waals surface area (Å²) < 4.78 is 27.2. The Morgan fingerprint density at radius 3 is 1.96 bits per heavy atom. The van der Waals surface area contributed by atoms with Crippen LogP contribution in [0.15, 0.2) is 95.9 Å². The van der Waals surface area contributed by atoms with Gasteiger partial charge in [0.2, 0.25) is 5.69 Å². The van der Waals surface area contributed by atoms with Gasteiger partial charge in [0.25, 0.3) is 0 Å². The molecule has 6 heteroatoms. The summed E-state index contributed by atoms with van der Waals surface area (Å²) in [6.07, 6.45) is 0. The second kappa shape index (κ2) is 7.58. The number of hydrogen-bond acceptors (Lipinski definition) is 3. The summed E-state index contributed by atoms with van der Waals surface area (Å²) in [5.74, 6) is 0. The first-order chi connectivity index (χ1) is 13.5. The third-order valence-corrected chi connectivity index (χ3v) is 6.64. The molecule has 4 aromatic rings. The zero-order valence-electron chi connectivity index (χ0n) is 15.2. The number of nitrogens with zero attached hydrogens (tertiary/aromatic N) is 2. The Labute approximate surface area is 168 Å². The first kappa shape index (κ1) is 18.4. The highest BCUT2D eigenvalue weighted by Gasteiger charge is 2.20. The highest BCUT2D eigenvalue weighted by atomic mass is 32.2. The molecule has 0 fully saturated rings. The van der Waals surface area contributed by atoms with Gasteiger partial charge in [0, 0.05) is 11.6 Å². The van der Waals surface area contributed by atoms with Crippen molar-refractivity contribution in [3.05, 3.63) is 101 Å². The number of aromatic nitrogens is 1. The SMILES string of the molecule is Cc1ccc(S(=O)(=O)[N-][n+]2sc(-c3ccccc3)cc2-c2ccccc2)cc1. The van der Waals surface area contributed by atoms with Crippen LogP contribution in [0.2, 0.25) is 0 Å². The molecule has 0 amide bonds. The number of hydrogen-bond donors (Lipinski definition) is 0. The van der Waals surface area contributed by atoms with E-state index in [2.05, 4.69) is 4.83 Å². The highest BCUT2D eigenvalue weighted by Crippen LogP contribution is 2.30. The van der Waals surface area contributed by atoms with Gasteiger partial charge in [-0.05, 0) is 36.8 Å². The molecule has 4 rings (SSSR count). The molecule has 3 aromatic carbocycles. The van der Waals surface area contributed by atoms with Gasteiger partial charge in [-0.3, -0.25) is 0 Å². The number of sulfonamides is 1. The largest absolute Gasteiger partial charge is 0.303 e. The fraction of sp³-hybridized carbons (Fsp3) is 0.0455. The average molecular weight is 407 g/mol. The van der Waals surface area contributed by atoms with E-state index in [9.17, 15) is 8.42 Å². The van der Waals surface area contributed by atoms with Crippen molar-refractivity contribution < 1.29 is 12.5 Å². The van der Waals surface area contributed by atoms with Crippen LogP contribution in [0.4, 0.5) is 0 Å². The number of aryl methyl sites for hydroxylation is 1. The predicted octanol–water partition coefficient (Wildman–Crippen LogP) is 5.20. The zero-order valence-corrected chi connectivity index (χ0v) is 16.8. The molecule has 0 spiro atoms. The lowest BCUT2D eigenvalue weighted by molar-refractivity contribution is -0.527. The van der Waals surface area contributed by atoms with Crippen LogP contribution in [-0.2, 0) is 10.0 Å². The quantitative estimate of drug-likeness (QED) is 0.428. The fourth-order valence-corrected chi connectivity index (χ4v) is 4.91. The minimum Gasteiger partial charge on any atom is -0.303 e. The predicted molar refractivity (Wildman–Crippen MR) is 113 cm³/mol. The van der Waals surface area contributed by atoms with E-state index in [0.717, 1.165) is 27.3 Å². The standard InChI is InChI=1S/C22H18N2O2S2/c1-17-12-14-20(15-13-17)28(25,26)23-24-21(18-8-4-2-5-9-18)16-22(27-24)19-10-6-3-7-11-19/h2-16H,1H3. The Morgan fingerprint density at radius 2 is 1.36 bits per heavy atom. The van der Waals surface area contributed by atoms with Crippen LogP contribution < -0.4 is 4.07 Å². The molecular weight excluding hydrogens is 388 g/mol. The summed E-state index contributed by atoms with van der Waals surface area (Å²) >= 11 is 1.30. The Hall–Kier alpha value is -2.96. The Bertz CT molecular complexity index is 1180. The van der Waals surface area contributed by atoms with Crippen molar-refractivity contribution in [2.45, 2.75) is 11.8 Å². The van der Waals surface area contributed by atoms with Crippen LogP contribution in [0.25, 0.3) is 26.5 Å². The summed E-state index contributed by atoms with van der Waals surface area (Å²) in [5, 5.41) is 0. The molecule has 4 nitrogen and oxygen atoms in total. The topological polar surface area (TPSA) is 52.1 Å². The molecule has 0 saturated carbocycles. The molecule has 0 aliphatic heterocycles. The van der Waals surface area contributed by atoms with E-state index in [1.807, 2.05) is 73.7 Å². The molecule has 28 heavy (non-hydrogen) atoms. The molecule has 0 bridgehead atoms. The van der Waals surface area contributed by atoms with E-state index >= 15 is 0 Å². The van der Waals surface area contributed by atoms with Crippen molar-refractivity contribution in [1.29, 1.82) is 0 Å². The van der Waals surface area contributed by atoms with Crippen LogP contribution in [-0.4, -0.2) is 8.42 Å². The van der Waals surface area contributed by atoms with Crippen LogP contribution in [0.5, 0.6) is 0 Å². The van der Waals surface area contributed by atoms with Gasteiger partial charge in [0.1, 0.15) is 16.4 Å². The summed E-state index contributed by atoms with van der Waals surface area (Å²) in [6, 6.07) is 28.2. The lowest BCUT2D eigenvalue weighted by atomic mass is 10.1. The Balaban J connectivity index is 1.79. The molecule has 0 N–H and O–H groups in total. The fourth-order valence-electron chi connectivity index (χ4n) is 2.80. The van der Waals surface area contributed by atoms with E-state index in [1.54, 1.807) is 24.3 Å². The summed E-state index contributed by atoms with van der Waals surface area (Å²) in [7, 11) is -3.83. The first-order valence-corrected chi connectivity index (χ1v) is 11.0. The van der Waals surface area contributed by atoms with Crippen LogP contribution >= 0.6 is 11.5 Å². The van der Waals surface area contributed by atoms with Gasteiger partial charge in [-0.1, -0.05) is 66.2 Å². The number of rotatable bonds is 5. The summed E-state index contributed by atoms with van der Waals surface area (Å²) in [4.78, 5) is 5.25. The minimum absolute atomic E-state index is 0.180. The zero-order chi connectivity index (χ0) is 19.6. The van der Waals surface area contributed by atoms with E-state index < -0.39 is 10.0 Å². The molecule has 0 aliphatic carbocycles. The smallest absolute Gasteiger partial charge is 0.223 e. The molecular formula is C22H18N2O2S2.